The summed E-state index contributed by atoms with van der Waals surface area (Å²) in [5, 5.41) is 18.4. The summed E-state index contributed by atoms with van der Waals surface area (Å²) in [6, 6.07) is 11.2. The van der Waals surface area contributed by atoms with Gasteiger partial charge in [-0.1, -0.05) is 18.2 Å². The lowest BCUT2D eigenvalue weighted by molar-refractivity contribution is 0.0692. The monoisotopic (exact) mass is 279 g/mol. The van der Waals surface area contributed by atoms with Crippen molar-refractivity contribution in [3.05, 3.63) is 58.1 Å². The quantitative estimate of drug-likeness (QED) is 0.916. The molecule has 0 atom stereocenters. The zero-order chi connectivity index (χ0) is 15.0. The Morgan fingerprint density at radius 3 is 2.67 bits per heavy atom. The highest BCUT2D eigenvalue weighted by molar-refractivity contribution is 5.91. The fourth-order valence-electron chi connectivity index (χ4n) is 2.78. The van der Waals surface area contributed by atoms with E-state index in [0.717, 1.165) is 27.8 Å². The average Bonchev–Trinajstić information content (AvgIpc) is 2.96. The molecule has 104 valence electrons. The SMILES string of the molecule is Cc1c(C#N)cccc1-c1ccc(C(=O)O)c2c1COC2. The van der Waals surface area contributed by atoms with Gasteiger partial charge in [0.2, 0.25) is 0 Å². The van der Waals surface area contributed by atoms with Crippen LogP contribution in [0.3, 0.4) is 0 Å². The highest BCUT2D eigenvalue weighted by atomic mass is 16.5. The molecule has 0 radical (unpaired) electrons. The maximum atomic E-state index is 11.3. The zero-order valence-electron chi connectivity index (χ0n) is 11.5. The van der Waals surface area contributed by atoms with Gasteiger partial charge in [0.1, 0.15) is 0 Å². The van der Waals surface area contributed by atoms with Crippen molar-refractivity contribution < 1.29 is 14.6 Å². The summed E-state index contributed by atoms with van der Waals surface area (Å²) < 4.78 is 5.44. The number of benzene rings is 2. The van der Waals surface area contributed by atoms with Crippen molar-refractivity contribution in [2.45, 2.75) is 20.1 Å². The van der Waals surface area contributed by atoms with Crippen molar-refractivity contribution in [3.63, 3.8) is 0 Å². The molecular formula is C17H13NO3. The van der Waals surface area contributed by atoms with Gasteiger partial charge in [-0.05, 0) is 46.9 Å². The molecule has 21 heavy (non-hydrogen) atoms. The minimum atomic E-state index is -0.939. The fraction of sp³-hybridized carbons (Fsp3) is 0.176. The summed E-state index contributed by atoms with van der Waals surface area (Å²) in [6.45, 7) is 2.63. The first-order valence-corrected chi connectivity index (χ1v) is 6.59. The largest absolute Gasteiger partial charge is 0.478 e. The topological polar surface area (TPSA) is 70.3 Å². The first kappa shape index (κ1) is 13.3. The highest BCUT2D eigenvalue weighted by Crippen LogP contribution is 2.35. The predicted octanol–water partition coefficient (Wildman–Crippen LogP) is 3.26. The van der Waals surface area contributed by atoms with Gasteiger partial charge in [-0.2, -0.15) is 5.26 Å². The zero-order valence-corrected chi connectivity index (χ0v) is 11.5. The smallest absolute Gasteiger partial charge is 0.336 e. The standard InChI is InChI=1S/C17H13NO3/c1-10-11(7-18)3-2-4-12(10)13-5-6-14(17(19)20)16-9-21-8-15(13)16/h2-6H,8-9H2,1H3,(H,19,20). The molecule has 0 bridgehead atoms. The number of aromatic carboxylic acids is 1. The van der Waals surface area contributed by atoms with Gasteiger partial charge >= 0.3 is 5.97 Å². The van der Waals surface area contributed by atoms with Crippen LogP contribution in [0.5, 0.6) is 0 Å². The molecule has 0 spiro atoms. The molecule has 4 heteroatoms. The molecule has 1 N–H and O–H groups in total. The lowest BCUT2D eigenvalue weighted by Gasteiger charge is -2.13. The number of carbonyl (C=O) groups is 1. The van der Waals surface area contributed by atoms with Crippen LogP contribution in [0.15, 0.2) is 30.3 Å². The Bertz CT molecular complexity index is 787. The van der Waals surface area contributed by atoms with Crippen LogP contribution in [0.25, 0.3) is 11.1 Å². The van der Waals surface area contributed by atoms with E-state index in [0.29, 0.717) is 24.3 Å². The molecule has 3 rings (SSSR count). The van der Waals surface area contributed by atoms with Crippen LogP contribution in [0, 0.1) is 18.3 Å². The van der Waals surface area contributed by atoms with Gasteiger partial charge in [-0.25, -0.2) is 4.79 Å². The van der Waals surface area contributed by atoms with Crippen LogP contribution in [0.2, 0.25) is 0 Å². The molecule has 4 nitrogen and oxygen atoms in total. The van der Waals surface area contributed by atoms with Crippen molar-refractivity contribution >= 4 is 5.97 Å². The van der Waals surface area contributed by atoms with E-state index < -0.39 is 5.97 Å². The summed E-state index contributed by atoms with van der Waals surface area (Å²) in [7, 11) is 0. The number of hydrogen-bond acceptors (Lipinski definition) is 3. The summed E-state index contributed by atoms with van der Waals surface area (Å²) in [6.07, 6.45) is 0. The van der Waals surface area contributed by atoms with E-state index in [2.05, 4.69) is 6.07 Å². The molecule has 0 saturated heterocycles. The number of ether oxygens (including phenoxy) is 1. The molecule has 0 amide bonds. The molecule has 0 aromatic heterocycles. The number of nitriles is 1. The van der Waals surface area contributed by atoms with Gasteiger partial charge in [-0.15, -0.1) is 0 Å². The lowest BCUT2D eigenvalue weighted by atomic mass is 9.90. The number of hydrogen-bond donors (Lipinski definition) is 1. The molecule has 1 aliphatic rings. The molecule has 0 saturated carbocycles. The maximum absolute atomic E-state index is 11.3. The van der Waals surface area contributed by atoms with Gasteiger partial charge in [0.25, 0.3) is 0 Å². The summed E-state index contributed by atoms with van der Waals surface area (Å²) in [5.74, 6) is -0.939. The van der Waals surface area contributed by atoms with Crippen molar-refractivity contribution in [2.24, 2.45) is 0 Å². The van der Waals surface area contributed by atoms with Gasteiger partial charge in [-0.3, -0.25) is 0 Å². The number of fused-ring (bicyclic) bond motifs is 1. The average molecular weight is 279 g/mol. The van der Waals surface area contributed by atoms with Crippen molar-refractivity contribution in [1.82, 2.24) is 0 Å². The molecular weight excluding hydrogens is 266 g/mol. The molecule has 1 heterocycles. The van der Waals surface area contributed by atoms with Crippen molar-refractivity contribution in [1.29, 1.82) is 5.26 Å². The third-order valence-electron chi connectivity index (χ3n) is 3.90. The Hall–Kier alpha value is -2.64. The lowest BCUT2D eigenvalue weighted by Crippen LogP contribution is -2.03. The van der Waals surface area contributed by atoms with E-state index in [9.17, 15) is 9.90 Å². The Balaban J connectivity index is 2.24. The molecule has 0 unspecified atom stereocenters. The van der Waals surface area contributed by atoms with Gasteiger partial charge in [0.15, 0.2) is 0 Å². The first-order chi connectivity index (χ1) is 10.1. The minimum absolute atomic E-state index is 0.292. The van der Waals surface area contributed by atoms with E-state index in [4.69, 9.17) is 10.00 Å². The van der Waals surface area contributed by atoms with E-state index in [-0.39, 0.29) is 0 Å². The predicted molar refractivity (Wildman–Crippen MR) is 76.8 cm³/mol. The first-order valence-electron chi connectivity index (χ1n) is 6.59. The van der Waals surface area contributed by atoms with Crippen LogP contribution in [0.4, 0.5) is 0 Å². The second kappa shape index (κ2) is 5.04. The number of carboxylic acids is 1. The molecule has 2 aromatic rings. The van der Waals surface area contributed by atoms with Gasteiger partial charge < -0.3 is 9.84 Å². The van der Waals surface area contributed by atoms with Crippen LogP contribution >= 0.6 is 0 Å². The van der Waals surface area contributed by atoms with E-state index in [1.807, 2.05) is 19.1 Å². The van der Waals surface area contributed by atoms with Crippen LogP contribution < -0.4 is 0 Å². The number of carboxylic acid groups (broad SMARTS) is 1. The second-order valence-electron chi connectivity index (χ2n) is 5.01. The molecule has 1 aliphatic heterocycles. The molecule has 0 aliphatic carbocycles. The third kappa shape index (κ3) is 2.08. The van der Waals surface area contributed by atoms with Crippen LogP contribution in [-0.4, -0.2) is 11.1 Å². The number of nitrogens with zero attached hydrogens (tertiary/aromatic N) is 1. The van der Waals surface area contributed by atoms with Crippen molar-refractivity contribution in [2.75, 3.05) is 0 Å². The van der Waals surface area contributed by atoms with E-state index >= 15 is 0 Å². The fourth-order valence-corrected chi connectivity index (χ4v) is 2.78. The van der Waals surface area contributed by atoms with Gasteiger partial charge in [0, 0.05) is 0 Å². The molecule has 2 aromatic carbocycles. The Morgan fingerprint density at radius 2 is 1.95 bits per heavy atom. The number of rotatable bonds is 2. The summed E-state index contributed by atoms with van der Waals surface area (Å²) in [4.78, 5) is 11.3. The van der Waals surface area contributed by atoms with E-state index in [1.165, 1.54) is 0 Å². The molecule has 0 fully saturated rings. The normalized spacial score (nSPS) is 12.8. The highest BCUT2D eigenvalue weighted by Gasteiger charge is 2.23. The summed E-state index contributed by atoms with van der Waals surface area (Å²) in [5.41, 5.74) is 5.37. The second-order valence-corrected chi connectivity index (χ2v) is 5.01. The van der Waals surface area contributed by atoms with E-state index in [1.54, 1.807) is 18.2 Å². The Kier molecular flexibility index (Phi) is 3.20. The maximum Gasteiger partial charge on any atom is 0.336 e. The minimum Gasteiger partial charge on any atom is -0.478 e. The third-order valence-corrected chi connectivity index (χ3v) is 3.90. The van der Waals surface area contributed by atoms with Crippen LogP contribution in [-0.2, 0) is 18.0 Å². The Morgan fingerprint density at radius 1 is 1.19 bits per heavy atom. The van der Waals surface area contributed by atoms with Gasteiger partial charge in [0.05, 0.1) is 30.4 Å². The Labute approximate surface area is 122 Å². The summed E-state index contributed by atoms with van der Waals surface area (Å²) >= 11 is 0. The van der Waals surface area contributed by atoms with Crippen LogP contribution in [0.1, 0.15) is 32.6 Å². The van der Waals surface area contributed by atoms with Crippen molar-refractivity contribution in [3.8, 4) is 17.2 Å².